The standard InChI is InChI=1S/C20H26N4O3S/c1-28(25,26)24-12-10-16(11-13-24)15-22-20(21)23-17-6-5-9-19(14-17)27-18-7-3-2-4-8-18/h2-9,14,16H,10-13,15H2,1H3,(H3,21,22,23). The van der Waals surface area contributed by atoms with Crippen LogP contribution in [-0.4, -0.2) is 44.6 Å². The first-order valence-corrected chi connectivity index (χ1v) is 11.1. The number of rotatable bonds is 6. The number of hydrogen-bond donors (Lipinski definition) is 2. The summed E-state index contributed by atoms with van der Waals surface area (Å²) in [7, 11) is -3.10. The molecule has 2 aromatic rings. The lowest BCUT2D eigenvalue weighted by Gasteiger charge is -2.29. The van der Waals surface area contributed by atoms with Crippen LogP contribution in [-0.2, 0) is 10.0 Å². The third-order valence-electron chi connectivity index (χ3n) is 4.65. The summed E-state index contributed by atoms with van der Waals surface area (Å²) in [5, 5.41) is 3.08. The minimum absolute atomic E-state index is 0.336. The summed E-state index contributed by atoms with van der Waals surface area (Å²) in [4.78, 5) is 4.42. The highest BCUT2D eigenvalue weighted by atomic mass is 32.2. The van der Waals surface area contributed by atoms with E-state index in [1.54, 1.807) is 0 Å². The SMILES string of the molecule is CS(=O)(=O)N1CCC(CN=C(N)Nc2cccc(Oc3ccccc3)c2)CC1. The number of guanidine groups is 1. The van der Waals surface area contributed by atoms with Crippen LogP contribution in [0, 0.1) is 5.92 Å². The number of nitrogens with two attached hydrogens (primary N) is 1. The zero-order valence-electron chi connectivity index (χ0n) is 15.9. The van der Waals surface area contributed by atoms with E-state index in [0.29, 0.717) is 37.3 Å². The Morgan fingerprint density at radius 3 is 2.50 bits per heavy atom. The molecular weight excluding hydrogens is 376 g/mol. The van der Waals surface area contributed by atoms with Gasteiger partial charge in [-0.2, -0.15) is 0 Å². The molecule has 1 fully saturated rings. The Balaban J connectivity index is 1.52. The predicted molar refractivity (Wildman–Crippen MR) is 112 cm³/mol. The van der Waals surface area contributed by atoms with Crippen molar-refractivity contribution in [1.29, 1.82) is 0 Å². The molecule has 0 radical (unpaired) electrons. The van der Waals surface area contributed by atoms with Crippen molar-refractivity contribution in [3.63, 3.8) is 0 Å². The summed E-state index contributed by atoms with van der Waals surface area (Å²) < 4.78 is 30.5. The van der Waals surface area contributed by atoms with Crippen molar-refractivity contribution < 1.29 is 13.2 Å². The number of ether oxygens (including phenoxy) is 1. The molecule has 0 aliphatic carbocycles. The average molecular weight is 403 g/mol. The fourth-order valence-electron chi connectivity index (χ4n) is 3.10. The van der Waals surface area contributed by atoms with Crippen LogP contribution in [0.3, 0.4) is 0 Å². The van der Waals surface area contributed by atoms with Crippen molar-refractivity contribution in [1.82, 2.24) is 4.31 Å². The second-order valence-electron chi connectivity index (χ2n) is 6.90. The largest absolute Gasteiger partial charge is 0.457 e. The van der Waals surface area contributed by atoms with Crippen molar-refractivity contribution >= 4 is 21.7 Å². The van der Waals surface area contributed by atoms with Gasteiger partial charge in [0.2, 0.25) is 10.0 Å². The summed E-state index contributed by atoms with van der Waals surface area (Å²) >= 11 is 0. The monoisotopic (exact) mass is 402 g/mol. The van der Waals surface area contributed by atoms with Crippen LogP contribution < -0.4 is 15.8 Å². The molecule has 2 aromatic carbocycles. The zero-order valence-corrected chi connectivity index (χ0v) is 16.7. The van der Waals surface area contributed by atoms with E-state index in [1.165, 1.54) is 10.6 Å². The molecule has 8 heteroatoms. The molecule has 0 atom stereocenters. The number of piperidine rings is 1. The van der Waals surface area contributed by atoms with Crippen LogP contribution in [0.4, 0.5) is 5.69 Å². The molecule has 28 heavy (non-hydrogen) atoms. The van der Waals surface area contributed by atoms with Crippen molar-refractivity contribution in [3.8, 4) is 11.5 Å². The van der Waals surface area contributed by atoms with Gasteiger partial charge in [-0.1, -0.05) is 24.3 Å². The summed E-state index contributed by atoms with van der Waals surface area (Å²) in [6, 6.07) is 17.1. The first-order valence-electron chi connectivity index (χ1n) is 9.25. The maximum absolute atomic E-state index is 11.6. The van der Waals surface area contributed by atoms with E-state index < -0.39 is 10.0 Å². The lowest BCUT2D eigenvalue weighted by Crippen LogP contribution is -2.38. The van der Waals surface area contributed by atoms with E-state index in [9.17, 15) is 8.42 Å². The minimum Gasteiger partial charge on any atom is -0.457 e. The summed E-state index contributed by atoms with van der Waals surface area (Å²) in [6.07, 6.45) is 2.84. The number of anilines is 1. The van der Waals surface area contributed by atoms with Crippen LogP contribution in [0.15, 0.2) is 59.6 Å². The molecule has 1 saturated heterocycles. The molecule has 1 aliphatic rings. The van der Waals surface area contributed by atoms with Gasteiger partial charge in [0.05, 0.1) is 6.26 Å². The van der Waals surface area contributed by atoms with E-state index in [1.807, 2.05) is 54.6 Å². The molecular formula is C20H26N4O3S. The van der Waals surface area contributed by atoms with Gasteiger partial charge in [0.15, 0.2) is 5.96 Å². The number of aliphatic imine (C=N–C) groups is 1. The number of para-hydroxylation sites is 1. The van der Waals surface area contributed by atoms with Crippen LogP contribution >= 0.6 is 0 Å². The van der Waals surface area contributed by atoms with Gasteiger partial charge < -0.3 is 15.8 Å². The molecule has 1 aliphatic heterocycles. The summed E-state index contributed by atoms with van der Waals surface area (Å²) in [5.41, 5.74) is 6.81. The zero-order chi connectivity index (χ0) is 20.0. The summed E-state index contributed by atoms with van der Waals surface area (Å²) in [5.74, 6) is 2.15. The lowest BCUT2D eigenvalue weighted by molar-refractivity contribution is 0.280. The van der Waals surface area contributed by atoms with Crippen LogP contribution in [0.5, 0.6) is 11.5 Å². The highest BCUT2D eigenvalue weighted by Crippen LogP contribution is 2.24. The van der Waals surface area contributed by atoms with E-state index in [-0.39, 0.29) is 0 Å². The fraction of sp³-hybridized carbons (Fsp3) is 0.350. The number of benzene rings is 2. The van der Waals surface area contributed by atoms with Gasteiger partial charge in [-0.15, -0.1) is 0 Å². The molecule has 0 amide bonds. The van der Waals surface area contributed by atoms with Gasteiger partial charge in [-0.05, 0) is 43.0 Å². The lowest BCUT2D eigenvalue weighted by atomic mass is 9.98. The minimum atomic E-state index is -3.10. The first-order chi connectivity index (χ1) is 13.4. The van der Waals surface area contributed by atoms with Crippen molar-refractivity contribution in [2.75, 3.05) is 31.2 Å². The molecule has 3 rings (SSSR count). The molecule has 0 aromatic heterocycles. The molecule has 0 bridgehead atoms. The number of sulfonamides is 1. The quantitative estimate of drug-likeness (QED) is 0.572. The second kappa shape index (κ2) is 9.07. The molecule has 1 heterocycles. The van der Waals surface area contributed by atoms with E-state index in [0.717, 1.165) is 24.3 Å². The Labute approximate surface area is 166 Å². The normalized spacial score (nSPS) is 16.7. The Morgan fingerprint density at radius 2 is 1.82 bits per heavy atom. The first kappa shape index (κ1) is 20.2. The highest BCUT2D eigenvalue weighted by molar-refractivity contribution is 7.88. The van der Waals surface area contributed by atoms with Crippen LogP contribution in [0.25, 0.3) is 0 Å². The third-order valence-corrected chi connectivity index (χ3v) is 5.95. The van der Waals surface area contributed by atoms with Crippen LogP contribution in [0.1, 0.15) is 12.8 Å². The maximum atomic E-state index is 11.6. The van der Waals surface area contributed by atoms with E-state index >= 15 is 0 Å². The molecule has 150 valence electrons. The molecule has 0 spiro atoms. The highest BCUT2D eigenvalue weighted by Gasteiger charge is 2.24. The number of nitrogens with one attached hydrogen (secondary N) is 1. The van der Waals surface area contributed by atoms with Crippen LogP contribution in [0.2, 0.25) is 0 Å². The van der Waals surface area contributed by atoms with Gasteiger partial charge in [0.1, 0.15) is 11.5 Å². The van der Waals surface area contributed by atoms with Gasteiger partial charge in [-0.3, -0.25) is 4.99 Å². The number of hydrogen-bond acceptors (Lipinski definition) is 4. The average Bonchev–Trinajstić information content (AvgIpc) is 2.67. The molecule has 3 N–H and O–H groups in total. The molecule has 0 unspecified atom stereocenters. The Bertz CT molecular complexity index is 908. The molecule has 0 saturated carbocycles. The fourth-order valence-corrected chi connectivity index (χ4v) is 3.97. The van der Waals surface area contributed by atoms with Crippen molar-refractivity contribution in [2.45, 2.75) is 12.8 Å². The topological polar surface area (TPSA) is 97.0 Å². The van der Waals surface area contributed by atoms with Gasteiger partial charge >= 0.3 is 0 Å². The smallest absolute Gasteiger partial charge is 0.211 e. The van der Waals surface area contributed by atoms with Crippen molar-refractivity contribution in [3.05, 3.63) is 54.6 Å². The predicted octanol–water partition coefficient (Wildman–Crippen LogP) is 2.88. The van der Waals surface area contributed by atoms with E-state index in [2.05, 4.69) is 10.3 Å². The van der Waals surface area contributed by atoms with Gasteiger partial charge in [-0.25, -0.2) is 12.7 Å². The Kier molecular flexibility index (Phi) is 6.53. The number of nitrogens with zero attached hydrogens (tertiary/aromatic N) is 2. The second-order valence-corrected chi connectivity index (χ2v) is 8.88. The third kappa shape index (κ3) is 5.97. The summed E-state index contributed by atoms with van der Waals surface area (Å²) in [6.45, 7) is 1.67. The Morgan fingerprint density at radius 1 is 1.14 bits per heavy atom. The van der Waals surface area contributed by atoms with Gasteiger partial charge in [0, 0.05) is 31.4 Å². The van der Waals surface area contributed by atoms with Gasteiger partial charge in [0.25, 0.3) is 0 Å². The molecule has 7 nitrogen and oxygen atoms in total. The van der Waals surface area contributed by atoms with E-state index in [4.69, 9.17) is 10.5 Å². The van der Waals surface area contributed by atoms with Crippen molar-refractivity contribution in [2.24, 2.45) is 16.6 Å². The maximum Gasteiger partial charge on any atom is 0.211 e. The Hall–Kier alpha value is -2.58.